The van der Waals surface area contributed by atoms with Crippen LogP contribution in [0, 0.1) is 6.92 Å². The molecule has 0 aliphatic rings. The Morgan fingerprint density at radius 2 is 2.00 bits per heavy atom. The highest BCUT2D eigenvalue weighted by Gasteiger charge is 2.09. The molecule has 0 fully saturated rings. The summed E-state index contributed by atoms with van der Waals surface area (Å²) in [5, 5.41) is 3.05. The monoisotopic (exact) mass is 295 g/mol. The molecule has 0 radical (unpaired) electrons. The van der Waals surface area contributed by atoms with Crippen molar-refractivity contribution in [3.8, 4) is 0 Å². The number of fused-ring (bicyclic) bond motifs is 1. The average molecular weight is 295 g/mol. The molecule has 4 nitrogen and oxygen atoms in total. The molecule has 0 bridgehead atoms. The molecule has 2 aromatic heterocycles. The zero-order chi connectivity index (χ0) is 14.8. The van der Waals surface area contributed by atoms with Gasteiger partial charge in [0.2, 0.25) is 0 Å². The van der Waals surface area contributed by atoms with Gasteiger partial charge >= 0.3 is 0 Å². The predicted octanol–water partition coefficient (Wildman–Crippen LogP) is 2.79. The van der Waals surface area contributed by atoms with Gasteiger partial charge in [0.05, 0.1) is 5.56 Å². The topological polar surface area (TPSA) is 46.4 Å². The fraction of sp³-hybridized carbons (Fsp3) is 0.0625. The summed E-state index contributed by atoms with van der Waals surface area (Å²) in [6.45, 7) is 1.96. The summed E-state index contributed by atoms with van der Waals surface area (Å²) in [6.07, 6.45) is 3.58. The summed E-state index contributed by atoms with van der Waals surface area (Å²) in [7, 11) is 0. The summed E-state index contributed by atoms with van der Waals surface area (Å²) >= 11 is 5.31. The number of pyridine rings is 1. The molecule has 1 aromatic carbocycles. The van der Waals surface area contributed by atoms with Crippen LogP contribution in [0.2, 0.25) is 0 Å². The van der Waals surface area contributed by atoms with Crippen LogP contribution in [0.1, 0.15) is 11.1 Å². The van der Waals surface area contributed by atoms with Crippen LogP contribution in [-0.4, -0.2) is 14.4 Å². The molecule has 3 aromatic rings. The fourth-order valence-electron chi connectivity index (χ4n) is 2.03. The molecule has 2 heterocycles. The first-order chi connectivity index (χ1) is 10.1. The second kappa shape index (κ2) is 5.46. The van der Waals surface area contributed by atoms with E-state index in [-0.39, 0.29) is 5.56 Å². The first-order valence-corrected chi connectivity index (χ1v) is 6.90. The molecular weight excluding hydrogens is 282 g/mol. The maximum Gasteiger partial charge on any atom is 0.283 e. The highest BCUT2D eigenvalue weighted by atomic mass is 32.1. The van der Waals surface area contributed by atoms with Crippen molar-refractivity contribution in [3.63, 3.8) is 0 Å². The van der Waals surface area contributed by atoms with Crippen LogP contribution in [0.4, 0.5) is 5.69 Å². The minimum absolute atomic E-state index is 0.325. The van der Waals surface area contributed by atoms with Crippen molar-refractivity contribution >= 4 is 28.5 Å². The number of rotatable bonds is 2. The van der Waals surface area contributed by atoms with Crippen LogP contribution < -0.4 is 10.9 Å². The zero-order valence-corrected chi connectivity index (χ0v) is 12.2. The van der Waals surface area contributed by atoms with Gasteiger partial charge in [-0.3, -0.25) is 4.79 Å². The third-order valence-corrected chi connectivity index (χ3v) is 3.43. The van der Waals surface area contributed by atoms with E-state index in [0.717, 1.165) is 11.3 Å². The molecule has 5 heteroatoms. The van der Waals surface area contributed by atoms with Crippen molar-refractivity contribution in [2.24, 2.45) is 0 Å². The number of nitrogens with one attached hydrogen (secondary N) is 1. The number of anilines is 1. The first-order valence-electron chi connectivity index (χ1n) is 6.49. The lowest BCUT2D eigenvalue weighted by Crippen LogP contribution is -2.23. The summed E-state index contributed by atoms with van der Waals surface area (Å²) in [5.41, 5.74) is 2.58. The Morgan fingerprint density at radius 3 is 2.76 bits per heavy atom. The molecule has 0 unspecified atom stereocenters. The quantitative estimate of drug-likeness (QED) is 0.739. The number of para-hydroxylation sites is 1. The molecule has 3 rings (SSSR count). The second-order valence-corrected chi connectivity index (χ2v) is 5.16. The molecule has 0 spiro atoms. The molecule has 0 atom stereocenters. The summed E-state index contributed by atoms with van der Waals surface area (Å²) in [5.74, 6) is 0. The molecule has 0 aliphatic heterocycles. The molecular formula is C16H13N3OS. The SMILES string of the molecule is Cc1ccn2cc(C(=S)Nc3ccccc3)c(=O)nc2c1. The Bertz CT molecular complexity index is 872. The predicted molar refractivity (Wildman–Crippen MR) is 88.0 cm³/mol. The van der Waals surface area contributed by atoms with Gasteiger partial charge in [-0.2, -0.15) is 4.98 Å². The fourth-order valence-corrected chi connectivity index (χ4v) is 2.29. The highest BCUT2D eigenvalue weighted by molar-refractivity contribution is 7.81. The van der Waals surface area contributed by atoms with E-state index in [1.807, 2.05) is 55.6 Å². The molecule has 104 valence electrons. The number of hydrogen-bond donors (Lipinski definition) is 1. The van der Waals surface area contributed by atoms with Gasteiger partial charge in [-0.1, -0.05) is 30.4 Å². The lowest BCUT2D eigenvalue weighted by molar-refractivity contribution is 1.06. The Balaban J connectivity index is 2.00. The lowest BCUT2D eigenvalue weighted by atomic mass is 10.2. The maximum absolute atomic E-state index is 12.1. The van der Waals surface area contributed by atoms with E-state index >= 15 is 0 Å². The van der Waals surface area contributed by atoms with Crippen molar-refractivity contribution in [1.29, 1.82) is 0 Å². The van der Waals surface area contributed by atoms with Crippen LogP contribution in [0.15, 0.2) is 59.7 Å². The van der Waals surface area contributed by atoms with Crippen LogP contribution in [-0.2, 0) is 0 Å². The van der Waals surface area contributed by atoms with Crippen molar-refractivity contribution in [1.82, 2.24) is 9.38 Å². The smallest absolute Gasteiger partial charge is 0.283 e. The van der Waals surface area contributed by atoms with Gasteiger partial charge in [-0.25, -0.2) is 0 Å². The van der Waals surface area contributed by atoms with Crippen LogP contribution in [0.25, 0.3) is 5.65 Å². The van der Waals surface area contributed by atoms with Crippen molar-refractivity contribution in [2.75, 3.05) is 5.32 Å². The Kier molecular flexibility index (Phi) is 3.50. The number of aryl methyl sites for hydroxylation is 1. The van der Waals surface area contributed by atoms with Crippen molar-refractivity contribution < 1.29 is 0 Å². The van der Waals surface area contributed by atoms with E-state index < -0.39 is 0 Å². The van der Waals surface area contributed by atoms with Gasteiger partial charge in [0.25, 0.3) is 5.56 Å². The van der Waals surface area contributed by atoms with E-state index in [0.29, 0.717) is 16.2 Å². The number of nitrogens with zero attached hydrogens (tertiary/aromatic N) is 2. The largest absolute Gasteiger partial charge is 0.346 e. The summed E-state index contributed by atoms with van der Waals surface area (Å²) < 4.78 is 1.79. The van der Waals surface area contributed by atoms with E-state index in [1.165, 1.54) is 0 Å². The molecule has 0 saturated heterocycles. The average Bonchev–Trinajstić information content (AvgIpc) is 2.47. The van der Waals surface area contributed by atoms with Crippen molar-refractivity contribution in [2.45, 2.75) is 6.92 Å². The molecule has 0 amide bonds. The zero-order valence-electron chi connectivity index (χ0n) is 11.4. The third kappa shape index (κ3) is 2.83. The van der Waals surface area contributed by atoms with Gasteiger partial charge in [0.15, 0.2) is 0 Å². The van der Waals surface area contributed by atoms with Gasteiger partial charge in [0, 0.05) is 18.1 Å². The summed E-state index contributed by atoms with van der Waals surface area (Å²) in [6, 6.07) is 13.3. The Hall–Kier alpha value is -2.53. The van der Waals surface area contributed by atoms with Gasteiger partial charge in [-0.15, -0.1) is 0 Å². The van der Waals surface area contributed by atoms with Crippen LogP contribution in [0.5, 0.6) is 0 Å². The van der Waals surface area contributed by atoms with Gasteiger partial charge in [-0.05, 0) is 36.8 Å². The summed E-state index contributed by atoms with van der Waals surface area (Å²) in [4.78, 5) is 16.6. The van der Waals surface area contributed by atoms with Gasteiger partial charge in [0.1, 0.15) is 10.6 Å². The Morgan fingerprint density at radius 1 is 1.24 bits per heavy atom. The maximum atomic E-state index is 12.1. The molecule has 21 heavy (non-hydrogen) atoms. The number of benzene rings is 1. The van der Waals surface area contributed by atoms with E-state index in [2.05, 4.69) is 10.3 Å². The van der Waals surface area contributed by atoms with Crippen molar-refractivity contribution in [3.05, 3.63) is 76.3 Å². The first kappa shape index (κ1) is 13.5. The minimum Gasteiger partial charge on any atom is -0.346 e. The molecule has 1 N–H and O–H groups in total. The van der Waals surface area contributed by atoms with E-state index in [4.69, 9.17) is 12.2 Å². The van der Waals surface area contributed by atoms with Crippen LogP contribution in [0.3, 0.4) is 0 Å². The van der Waals surface area contributed by atoms with E-state index in [1.54, 1.807) is 10.6 Å². The number of hydrogen-bond acceptors (Lipinski definition) is 3. The highest BCUT2D eigenvalue weighted by Crippen LogP contribution is 2.08. The van der Waals surface area contributed by atoms with E-state index in [9.17, 15) is 4.79 Å². The standard InChI is InChI=1S/C16H13N3OS/c1-11-7-8-19-10-13(15(20)18-14(19)9-11)16(21)17-12-5-3-2-4-6-12/h2-10H,1H3,(H,17,21). The molecule has 0 aliphatic carbocycles. The normalized spacial score (nSPS) is 10.5. The number of aromatic nitrogens is 2. The number of thiocarbonyl (C=S) groups is 1. The minimum atomic E-state index is -0.325. The second-order valence-electron chi connectivity index (χ2n) is 4.75. The third-order valence-electron chi connectivity index (χ3n) is 3.11. The lowest BCUT2D eigenvalue weighted by Gasteiger charge is -2.08. The van der Waals surface area contributed by atoms with Crippen LogP contribution >= 0.6 is 12.2 Å². The Labute approximate surface area is 127 Å². The van der Waals surface area contributed by atoms with Gasteiger partial charge < -0.3 is 9.72 Å². The molecule has 0 saturated carbocycles.